The minimum atomic E-state index is -2.31. The normalized spacial score (nSPS) is 24.3. The Labute approximate surface area is 179 Å². The van der Waals surface area contributed by atoms with Crippen LogP contribution in [0.2, 0.25) is 0 Å². The van der Waals surface area contributed by atoms with Crippen molar-refractivity contribution < 1.29 is 63.4 Å². The number of hydrogen-bond donors (Lipinski definition) is 1. The molecule has 2 fully saturated rings. The Bertz CT molecular complexity index is 752. The number of hydroxylamine groups is 2. The van der Waals surface area contributed by atoms with Gasteiger partial charge in [0, 0.05) is 18.8 Å². The molecule has 0 bridgehead atoms. The topological polar surface area (TPSA) is 151 Å². The van der Waals surface area contributed by atoms with E-state index in [1.54, 1.807) is 6.07 Å². The number of rotatable bonds is 6. The van der Waals surface area contributed by atoms with E-state index in [0.29, 0.717) is 10.2 Å². The SMILES string of the molecule is O=C(CSc1ncccn1)N[C@H]1CON(C2(C(=O)[O-])CCC(=O)O2)C1=O.[Na+]. The van der Waals surface area contributed by atoms with Crippen molar-refractivity contribution in [3.05, 3.63) is 18.5 Å². The summed E-state index contributed by atoms with van der Waals surface area (Å²) in [5.41, 5.74) is -2.31. The van der Waals surface area contributed by atoms with Crippen molar-refractivity contribution in [3.8, 4) is 0 Å². The molecule has 1 aromatic rings. The zero-order chi connectivity index (χ0) is 18.7. The Morgan fingerprint density at radius 1 is 1.37 bits per heavy atom. The van der Waals surface area contributed by atoms with Crippen LogP contribution in [0.3, 0.4) is 0 Å². The fraction of sp³-hybridized carbons (Fsp3) is 0.429. The Balaban J connectivity index is 0.00000261. The van der Waals surface area contributed by atoms with Crippen LogP contribution in [0.5, 0.6) is 0 Å². The van der Waals surface area contributed by atoms with Gasteiger partial charge in [-0.3, -0.25) is 19.2 Å². The molecule has 0 radical (unpaired) electrons. The molecule has 2 aliphatic rings. The minimum Gasteiger partial charge on any atom is -0.544 e. The summed E-state index contributed by atoms with van der Waals surface area (Å²) in [5, 5.41) is 14.7. The molecule has 2 amide bonds. The van der Waals surface area contributed by atoms with Crippen LogP contribution < -0.4 is 40.0 Å². The van der Waals surface area contributed by atoms with E-state index >= 15 is 0 Å². The van der Waals surface area contributed by atoms with Gasteiger partial charge in [0.25, 0.3) is 11.6 Å². The molecule has 27 heavy (non-hydrogen) atoms. The number of ether oxygens (including phenoxy) is 1. The van der Waals surface area contributed by atoms with E-state index in [4.69, 9.17) is 9.57 Å². The van der Waals surface area contributed by atoms with E-state index in [1.165, 1.54) is 12.4 Å². The number of aromatic nitrogens is 2. The van der Waals surface area contributed by atoms with E-state index in [1.807, 2.05) is 0 Å². The van der Waals surface area contributed by atoms with Gasteiger partial charge in [-0.2, -0.15) is 5.06 Å². The third-order valence-corrected chi connectivity index (χ3v) is 4.55. The monoisotopic (exact) mass is 404 g/mol. The molecular weight excluding hydrogens is 391 g/mol. The van der Waals surface area contributed by atoms with Crippen molar-refractivity contribution >= 4 is 35.5 Å². The molecule has 0 aromatic carbocycles. The number of thioether (sulfide) groups is 1. The van der Waals surface area contributed by atoms with Crippen LogP contribution in [-0.2, 0) is 28.8 Å². The third kappa shape index (κ3) is 4.58. The number of nitrogens with zero attached hydrogens (tertiary/aromatic N) is 3. The van der Waals surface area contributed by atoms with Gasteiger partial charge in [-0.05, 0) is 6.07 Å². The van der Waals surface area contributed by atoms with Gasteiger partial charge in [0.1, 0.15) is 18.6 Å². The first kappa shape index (κ1) is 21.6. The largest absolute Gasteiger partial charge is 1.00 e. The number of carbonyl (C=O) groups is 4. The minimum absolute atomic E-state index is 0. The summed E-state index contributed by atoms with van der Waals surface area (Å²) >= 11 is 1.07. The Morgan fingerprint density at radius 3 is 2.67 bits per heavy atom. The number of carboxylic acids is 1. The molecule has 13 heteroatoms. The fourth-order valence-corrected chi connectivity index (χ4v) is 3.08. The van der Waals surface area contributed by atoms with Crippen LogP contribution in [0.15, 0.2) is 23.6 Å². The molecule has 0 aliphatic carbocycles. The molecule has 3 rings (SSSR count). The van der Waals surface area contributed by atoms with Crippen LogP contribution in [0.1, 0.15) is 12.8 Å². The van der Waals surface area contributed by atoms with Gasteiger partial charge in [-0.1, -0.05) is 11.8 Å². The van der Waals surface area contributed by atoms with Gasteiger partial charge in [0.2, 0.25) is 5.91 Å². The standard InChI is InChI=1S/C14H14N4O7S.Na/c19-9(7-26-13-15-4-1-5-16-13)17-8-6-24-18(11(8)21)14(12(22)23)3-2-10(20)25-14;/h1,4-5,8H,2-3,6-7H2,(H,17,19)(H,22,23);/q;+1/p-1/t8-,14?;/m0./s1. The van der Waals surface area contributed by atoms with Gasteiger partial charge in [-0.25, -0.2) is 9.97 Å². The van der Waals surface area contributed by atoms with Crippen LogP contribution in [0, 0.1) is 0 Å². The van der Waals surface area contributed by atoms with Crippen molar-refractivity contribution in [2.45, 2.75) is 29.8 Å². The molecule has 1 N–H and O–H groups in total. The predicted octanol–water partition coefficient (Wildman–Crippen LogP) is -5.39. The molecular formula is C14H13N4NaO7S. The van der Waals surface area contributed by atoms with Crippen LogP contribution in [0.25, 0.3) is 0 Å². The first-order valence-electron chi connectivity index (χ1n) is 7.52. The van der Waals surface area contributed by atoms with E-state index < -0.39 is 35.5 Å². The average molecular weight is 404 g/mol. The predicted molar refractivity (Wildman–Crippen MR) is 80.5 cm³/mol. The van der Waals surface area contributed by atoms with E-state index in [9.17, 15) is 24.3 Å². The zero-order valence-corrected chi connectivity index (χ0v) is 17.1. The van der Waals surface area contributed by atoms with Crippen molar-refractivity contribution in [2.24, 2.45) is 0 Å². The zero-order valence-electron chi connectivity index (χ0n) is 14.2. The summed E-state index contributed by atoms with van der Waals surface area (Å²) in [5.74, 6) is -3.91. The molecule has 138 valence electrons. The summed E-state index contributed by atoms with van der Waals surface area (Å²) in [6.45, 7) is -0.288. The summed E-state index contributed by atoms with van der Waals surface area (Å²) in [7, 11) is 0. The molecule has 0 saturated carbocycles. The van der Waals surface area contributed by atoms with Gasteiger partial charge in [0.05, 0.1) is 12.2 Å². The second-order valence-corrected chi connectivity index (χ2v) is 6.36. The van der Waals surface area contributed by atoms with Crippen molar-refractivity contribution in [2.75, 3.05) is 12.4 Å². The Hall–Kier alpha value is -1.73. The van der Waals surface area contributed by atoms with E-state index in [-0.39, 0.29) is 54.8 Å². The number of hydrogen-bond acceptors (Lipinski definition) is 10. The van der Waals surface area contributed by atoms with Crippen LogP contribution in [-0.4, -0.2) is 62.9 Å². The number of aliphatic carboxylic acids is 1. The fourth-order valence-electron chi connectivity index (χ4n) is 2.47. The molecule has 1 aromatic heterocycles. The number of esters is 1. The van der Waals surface area contributed by atoms with Gasteiger partial charge >= 0.3 is 35.5 Å². The molecule has 2 saturated heterocycles. The molecule has 2 aliphatic heterocycles. The number of carbonyl (C=O) groups excluding carboxylic acids is 4. The molecule has 0 spiro atoms. The van der Waals surface area contributed by atoms with Gasteiger partial charge in [-0.15, -0.1) is 0 Å². The first-order valence-corrected chi connectivity index (χ1v) is 8.50. The molecule has 1 unspecified atom stereocenters. The second kappa shape index (κ2) is 8.97. The maximum absolute atomic E-state index is 12.4. The van der Waals surface area contributed by atoms with E-state index in [0.717, 1.165) is 11.8 Å². The summed E-state index contributed by atoms with van der Waals surface area (Å²) in [6, 6.07) is 0.534. The molecule has 11 nitrogen and oxygen atoms in total. The summed E-state index contributed by atoms with van der Waals surface area (Å²) < 4.78 is 4.77. The van der Waals surface area contributed by atoms with Gasteiger partial charge < -0.3 is 20.0 Å². The quantitative estimate of drug-likeness (QED) is 0.211. The Kier molecular flexibility index (Phi) is 7.17. The molecule has 3 heterocycles. The van der Waals surface area contributed by atoms with Crippen LogP contribution >= 0.6 is 11.8 Å². The smallest absolute Gasteiger partial charge is 0.544 e. The number of amides is 2. The second-order valence-electron chi connectivity index (χ2n) is 5.41. The summed E-state index contributed by atoms with van der Waals surface area (Å²) in [4.78, 5) is 60.1. The summed E-state index contributed by atoms with van der Waals surface area (Å²) in [6.07, 6.45) is 2.58. The van der Waals surface area contributed by atoms with Gasteiger partial charge in [0.15, 0.2) is 5.16 Å². The van der Waals surface area contributed by atoms with Crippen LogP contribution in [0.4, 0.5) is 0 Å². The van der Waals surface area contributed by atoms with Crippen molar-refractivity contribution in [1.82, 2.24) is 20.3 Å². The Morgan fingerprint density at radius 2 is 2.07 bits per heavy atom. The number of carboxylic acid groups (broad SMARTS) is 1. The number of nitrogens with one attached hydrogen (secondary N) is 1. The van der Waals surface area contributed by atoms with Crippen molar-refractivity contribution in [1.29, 1.82) is 0 Å². The maximum atomic E-state index is 12.4. The number of cyclic esters (lactones) is 1. The third-order valence-electron chi connectivity index (χ3n) is 3.68. The van der Waals surface area contributed by atoms with Crippen molar-refractivity contribution in [3.63, 3.8) is 0 Å². The average Bonchev–Trinajstić information content (AvgIpc) is 3.18. The maximum Gasteiger partial charge on any atom is 1.00 e. The van der Waals surface area contributed by atoms with E-state index in [2.05, 4.69) is 15.3 Å². The first-order chi connectivity index (χ1) is 12.4. The molecule has 2 atom stereocenters.